The highest BCUT2D eigenvalue weighted by atomic mass is 35.5. The highest BCUT2D eigenvalue weighted by molar-refractivity contribution is 6.35. The highest BCUT2D eigenvalue weighted by Gasteiger charge is 2.08. The van der Waals surface area contributed by atoms with Crippen LogP contribution in [-0.2, 0) is 11.2 Å². The summed E-state index contributed by atoms with van der Waals surface area (Å²) < 4.78 is 0. The summed E-state index contributed by atoms with van der Waals surface area (Å²) in [6.45, 7) is 1.86. The molecule has 1 aromatic carbocycles. The summed E-state index contributed by atoms with van der Waals surface area (Å²) in [6.07, 6.45) is 0.670. The van der Waals surface area contributed by atoms with Crippen LogP contribution in [0.1, 0.15) is 12.5 Å². The summed E-state index contributed by atoms with van der Waals surface area (Å²) in [6, 6.07) is 5.35. The minimum atomic E-state index is -0.867. The zero-order valence-electron chi connectivity index (χ0n) is 8.84. The average molecular weight is 262 g/mol. The molecule has 1 atom stereocenters. The van der Waals surface area contributed by atoms with Gasteiger partial charge in [-0.2, -0.15) is 0 Å². The van der Waals surface area contributed by atoms with Crippen molar-refractivity contribution in [2.24, 2.45) is 0 Å². The van der Waals surface area contributed by atoms with Gasteiger partial charge in [0.05, 0.1) is 6.54 Å². The van der Waals surface area contributed by atoms with Crippen molar-refractivity contribution in [3.63, 3.8) is 0 Å². The van der Waals surface area contributed by atoms with E-state index in [1.807, 2.05) is 13.0 Å². The van der Waals surface area contributed by atoms with Crippen LogP contribution in [0, 0.1) is 0 Å². The number of rotatable bonds is 5. The molecule has 0 heterocycles. The largest absolute Gasteiger partial charge is 0.480 e. The Bertz CT molecular complexity index is 382. The lowest BCUT2D eigenvalue weighted by atomic mass is 10.1. The van der Waals surface area contributed by atoms with Crippen molar-refractivity contribution in [3.05, 3.63) is 33.8 Å². The van der Waals surface area contributed by atoms with Gasteiger partial charge in [-0.3, -0.25) is 4.79 Å². The number of aliphatic carboxylic acids is 1. The van der Waals surface area contributed by atoms with E-state index >= 15 is 0 Å². The number of hydrogen-bond donors (Lipinski definition) is 2. The first-order valence-corrected chi connectivity index (χ1v) is 5.63. The molecule has 16 heavy (non-hydrogen) atoms. The number of halogens is 2. The standard InChI is InChI=1S/C11H13Cl2NO2/c1-7(14-6-11(15)16)4-8-2-3-9(12)5-10(8)13/h2-3,5,7,14H,4,6H2,1H3,(H,15,16). The molecule has 0 saturated heterocycles. The van der Waals surface area contributed by atoms with Crippen molar-refractivity contribution in [2.45, 2.75) is 19.4 Å². The second-order valence-corrected chi connectivity index (χ2v) is 4.46. The molecule has 0 radical (unpaired) electrons. The second-order valence-electron chi connectivity index (χ2n) is 3.62. The van der Waals surface area contributed by atoms with Crippen LogP contribution in [0.5, 0.6) is 0 Å². The monoisotopic (exact) mass is 261 g/mol. The molecule has 0 saturated carbocycles. The topological polar surface area (TPSA) is 49.3 Å². The van der Waals surface area contributed by atoms with Gasteiger partial charge in [0.1, 0.15) is 0 Å². The molecule has 0 spiro atoms. The maximum absolute atomic E-state index is 10.4. The Balaban J connectivity index is 2.55. The summed E-state index contributed by atoms with van der Waals surface area (Å²) >= 11 is 11.8. The van der Waals surface area contributed by atoms with Crippen LogP contribution >= 0.6 is 23.2 Å². The van der Waals surface area contributed by atoms with E-state index in [1.54, 1.807) is 12.1 Å². The Morgan fingerprint density at radius 2 is 2.19 bits per heavy atom. The quantitative estimate of drug-likeness (QED) is 0.857. The van der Waals surface area contributed by atoms with E-state index < -0.39 is 5.97 Å². The van der Waals surface area contributed by atoms with Gasteiger partial charge in [0.15, 0.2) is 0 Å². The van der Waals surface area contributed by atoms with Gasteiger partial charge < -0.3 is 10.4 Å². The molecular formula is C11H13Cl2NO2. The molecule has 1 rings (SSSR count). The van der Waals surface area contributed by atoms with Gasteiger partial charge in [-0.15, -0.1) is 0 Å². The normalized spacial score (nSPS) is 12.4. The van der Waals surface area contributed by atoms with Crippen LogP contribution in [0.3, 0.4) is 0 Å². The molecule has 3 nitrogen and oxygen atoms in total. The van der Waals surface area contributed by atoms with Crippen LogP contribution in [0.15, 0.2) is 18.2 Å². The predicted octanol–water partition coefficient (Wildman–Crippen LogP) is 2.60. The van der Waals surface area contributed by atoms with Crippen molar-refractivity contribution in [1.82, 2.24) is 5.32 Å². The van der Waals surface area contributed by atoms with E-state index in [-0.39, 0.29) is 12.6 Å². The smallest absolute Gasteiger partial charge is 0.317 e. The second kappa shape index (κ2) is 6.09. The van der Waals surface area contributed by atoms with Gasteiger partial charge in [0, 0.05) is 16.1 Å². The van der Waals surface area contributed by atoms with Crippen LogP contribution < -0.4 is 5.32 Å². The molecule has 0 amide bonds. The number of benzene rings is 1. The SMILES string of the molecule is CC(Cc1ccc(Cl)cc1Cl)NCC(=O)O. The molecule has 0 aliphatic carbocycles. The van der Waals surface area contributed by atoms with Gasteiger partial charge in [-0.1, -0.05) is 29.3 Å². The van der Waals surface area contributed by atoms with E-state index in [0.29, 0.717) is 16.5 Å². The summed E-state index contributed by atoms with van der Waals surface area (Å²) in [5.41, 5.74) is 0.955. The van der Waals surface area contributed by atoms with Gasteiger partial charge in [-0.25, -0.2) is 0 Å². The lowest BCUT2D eigenvalue weighted by Crippen LogP contribution is -2.32. The van der Waals surface area contributed by atoms with Crippen LogP contribution in [-0.4, -0.2) is 23.7 Å². The number of carboxylic acids is 1. The Labute approximate surface area is 104 Å². The van der Waals surface area contributed by atoms with Gasteiger partial charge >= 0.3 is 5.97 Å². The summed E-state index contributed by atoms with van der Waals surface area (Å²) in [7, 11) is 0. The zero-order chi connectivity index (χ0) is 12.1. The third-order valence-electron chi connectivity index (χ3n) is 2.14. The number of carboxylic acid groups (broad SMARTS) is 1. The number of nitrogens with one attached hydrogen (secondary N) is 1. The zero-order valence-corrected chi connectivity index (χ0v) is 10.3. The van der Waals surface area contributed by atoms with Crippen LogP contribution in [0.4, 0.5) is 0 Å². The maximum atomic E-state index is 10.4. The van der Waals surface area contributed by atoms with Gasteiger partial charge in [0.25, 0.3) is 0 Å². The molecule has 5 heteroatoms. The molecule has 1 unspecified atom stereocenters. The molecule has 2 N–H and O–H groups in total. The summed E-state index contributed by atoms with van der Waals surface area (Å²) in [4.78, 5) is 10.4. The summed E-state index contributed by atoms with van der Waals surface area (Å²) in [5, 5.41) is 12.6. The third kappa shape index (κ3) is 4.39. The molecule has 0 fully saturated rings. The maximum Gasteiger partial charge on any atom is 0.317 e. The first-order valence-electron chi connectivity index (χ1n) is 4.88. The fourth-order valence-corrected chi connectivity index (χ4v) is 1.84. The van der Waals surface area contributed by atoms with E-state index in [1.165, 1.54) is 0 Å². The van der Waals surface area contributed by atoms with Crippen molar-refractivity contribution in [2.75, 3.05) is 6.54 Å². The number of carbonyl (C=O) groups is 1. The first-order chi connectivity index (χ1) is 7.49. The average Bonchev–Trinajstić information content (AvgIpc) is 2.19. The van der Waals surface area contributed by atoms with E-state index in [9.17, 15) is 4.79 Å². The summed E-state index contributed by atoms with van der Waals surface area (Å²) in [5.74, 6) is -0.867. The van der Waals surface area contributed by atoms with E-state index in [0.717, 1.165) is 5.56 Å². The minimum Gasteiger partial charge on any atom is -0.480 e. The fourth-order valence-electron chi connectivity index (χ4n) is 1.35. The Morgan fingerprint density at radius 1 is 1.50 bits per heavy atom. The highest BCUT2D eigenvalue weighted by Crippen LogP contribution is 2.21. The van der Waals surface area contributed by atoms with Gasteiger partial charge in [0.2, 0.25) is 0 Å². The predicted molar refractivity (Wildman–Crippen MR) is 65.3 cm³/mol. The van der Waals surface area contributed by atoms with Crippen molar-refractivity contribution >= 4 is 29.2 Å². The van der Waals surface area contributed by atoms with Crippen LogP contribution in [0.2, 0.25) is 10.0 Å². The van der Waals surface area contributed by atoms with Crippen molar-refractivity contribution in [1.29, 1.82) is 0 Å². The first kappa shape index (κ1) is 13.3. The molecule has 0 aromatic heterocycles. The molecular weight excluding hydrogens is 249 g/mol. The molecule has 0 aliphatic heterocycles. The fraction of sp³-hybridized carbons (Fsp3) is 0.364. The minimum absolute atomic E-state index is 0.0492. The molecule has 0 bridgehead atoms. The molecule has 1 aromatic rings. The number of hydrogen-bond acceptors (Lipinski definition) is 2. The van der Waals surface area contributed by atoms with Crippen molar-refractivity contribution in [3.8, 4) is 0 Å². The Hall–Kier alpha value is -0.770. The van der Waals surface area contributed by atoms with Crippen LogP contribution in [0.25, 0.3) is 0 Å². The van der Waals surface area contributed by atoms with E-state index in [4.69, 9.17) is 28.3 Å². The lowest BCUT2D eigenvalue weighted by molar-refractivity contribution is -0.136. The molecule has 88 valence electrons. The lowest BCUT2D eigenvalue weighted by Gasteiger charge is -2.13. The molecule has 0 aliphatic rings. The Kier molecular flexibility index (Phi) is 5.06. The third-order valence-corrected chi connectivity index (χ3v) is 2.73. The Morgan fingerprint density at radius 3 is 2.75 bits per heavy atom. The van der Waals surface area contributed by atoms with Crippen molar-refractivity contribution < 1.29 is 9.90 Å². The van der Waals surface area contributed by atoms with E-state index in [2.05, 4.69) is 5.32 Å². The van der Waals surface area contributed by atoms with Gasteiger partial charge in [-0.05, 0) is 31.0 Å².